The van der Waals surface area contributed by atoms with Gasteiger partial charge in [0, 0.05) is 29.6 Å². The number of amides is 1. The third kappa shape index (κ3) is 4.42. The Hall–Kier alpha value is -1.63. The van der Waals surface area contributed by atoms with Gasteiger partial charge in [-0.15, -0.1) is 0 Å². The van der Waals surface area contributed by atoms with Crippen LogP contribution in [0, 0.1) is 0 Å². The molecule has 1 aromatic carbocycles. The molecule has 1 amide bonds. The predicted molar refractivity (Wildman–Crippen MR) is 77.2 cm³/mol. The lowest BCUT2D eigenvalue weighted by Gasteiger charge is -2.24. The van der Waals surface area contributed by atoms with Gasteiger partial charge < -0.3 is 20.5 Å². The molecule has 0 radical (unpaired) electrons. The quantitative estimate of drug-likeness (QED) is 0.754. The predicted octanol–water partition coefficient (Wildman–Crippen LogP) is 0.960. The highest BCUT2D eigenvalue weighted by Crippen LogP contribution is 2.23. The number of aliphatic carboxylic acids is 1. The van der Waals surface area contributed by atoms with E-state index >= 15 is 0 Å². The van der Waals surface area contributed by atoms with E-state index < -0.39 is 12.0 Å². The van der Waals surface area contributed by atoms with E-state index in [0.29, 0.717) is 30.3 Å². The van der Waals surface area contributed by atoms with E-state index in [1.54, 1.807) is 24.3 Å². The summed E-state index contributed by atoms with van der Waals surface area (Å²) in [5.41, 5.74) is 0.368. The lowest BCUT2D eigenvalue weighted by atomic mass is 10.1. The Morgan fingerprint density at radius 3 is 2.86 bits per heavy atom. The van der Waals surface area contributed by atoms with Crippen LogP contribution in [0.25, 0.3) is 0 Å². The Balaban J connectivity index is 2.01. The van der Waals surface area contributed by atoms with Gasteiger partial charge in [-0.1, -0.05) is 29.8 Å². The van der Waals surface area contributed by atoms with E-state index in [0.717, 1.165) is 0 Å². The second kappa shape index (κ2) is 7.40. The highest BCUT2D eigenvalue weighted by Gasteiger charge is 2.25. The van der Waals surface area contributed by atoms with Crippen molar-refractivity contribution in [3.8, 4) is 0 Å². The zero-order chi connectivity index (χ0) is 15.2. The second-order valence-corrected chi connectivity index (χ2v) is 5.20. The molecule has 0 saturated carbocycles. The van der Waals surface area contributed by atoms with Crippen LogP contribution in [0.5, 0.6) is 0 Å². The molecule has 1 aliphatic heterocycles. The average molecular weight is 313 g/mol. The number of ether oxygens (including phenoxy) is 1. The first kappa shape index (κ1) is 15.8. The summed E-state index contributed by atoms with van der Waals surface area (Å²) in [7, 11) is 0. The zero-order valence-electron chi connectivity index (χ0n) is 11.3. The number of rotatable bonds is 5. The smallest absolute Gasteiger partial charge is 0.330 e. The van der Waals surface area contributed by atoms with Gasteiger partial charge in [0.25, 0.3) is 0 Å². The molecule has 1 heterocycles. The van der Waals surface area contributed by atoms with Gasteiger partial charge in [0.2, 0.25) is 5.91 Å². The molecular formula is C14H17ClN2O4. The molecule has 1 aliphatic rings. The molecule has 3 N–H and O–H groups in total. The first-order valence-electron chi connectivity index (χ1n) is 6.65. The Kier molecular flexibility index (Phi) is 5.55. The standard InChI is InChI=1S/C14H17ClN2O4/c15-11-4-2-1-3-10(11)13(14(19)20)17-12(18)7-9-8-21-6-5-16-9/h1-4,9,13,16H,5-8H2,(H,17,18)(H,19,20)/t9?,13-/m1/s1. The number of hydrogen-bond acceptors (Lipinski definition) is 4. The Morgan fingerprint density at radius 1 is 1.48 bits per heavy atom. The number of carbonyl (C=O) groups excluding carboxylic acids is 1. The van der Waals surface area contributed by atoms with E-state index in [4.69, 9.17) is 16.3 Å². The summed E-state index contributed by atoms with van der Waals surface area (Å²) in [6.07, 6.45) is 0.161. The number of halogens is 1. The van der Waals surface area contributed by atoms with Crippen LogP contribution >= 0.6 is 11.6 Å². The second-order valence-electron chi connectivity index (χ2n) is 4.79. The summed E-state index contributed by atoms with van der Waals surface area (Å²) in [6, 6.07) is 5.31. The van der Waals surface area contributed by atoms with Crippen molar-refractivity contribution >= 4 is 23.5 Å². The van der Waals surface area contributed by atoms with Crippen LogP contribution in [0.4, 0.5) is 0 Å². The van der Waals surface area contributed by atoms with Crippen molar-refractivity contribution in [1.82, 2.24) is 10.6 Å². The van der Waals surface area contributed by atoms with E-state index in [9.17, 15) is 14.7 Å². The fourth-order valence-electron chi connectivity index (χ4n) is 2.18. The van der Waals surface area contributed by atoms with Crippen LogP contribution in [0.2, 0.25) is 5.02 Å². The lowest BCUT2D eigenvalue weighted by Crippen LogP contribution is -2.45. The summed E-state index contributed by atoms with van der Waals surface area (Å²) >= 11 is 5.99. The third-order valence-corrected chi connectivity index (χ3v) is 3.54. The zero-order valence-corrected chi connectivity index (χ0v) is 12.1. The molecular weight excluding hydrogens is 296 g/mol. The maximum atomic E-state index is 12.0. The topological polar surface area (TPSA) is 87.7 Å². The molecule has 1 aromatic rings. The molecule has 1 unspecified atom stereocenters. The van der Waals surface area contributed by atoms with Gasteiger partial charge >= 0.3 is 5.97 Å². The van der Waals surface area contributed by atoms with Gasteiger partial charge in [-0.05, 0) is 6.07 Å². The van der Waals surface area contributed by atoms with Crippen molar-refractivity contribution in [3.63, 3.8) is 0 Å². The minimum Gasteiger partial charge on any atom is -0.479 e. The Morgan fingerprint density at radius 2 is 2.24 bits per heavy atom. The van der Waals surface area contributed by atoms with E-state index in [1.165, 1.54) is 0 Å². The van der Waals surface area contributed by atoms with Gasteiger partial charge in [0.1, 0.15) is 0 Å². The minimum atomic E-state index is -1.16. The molecule has 0 bridgehead atoms. The van der Waals surface area contributed by atoms with E-state index in [-0.39, 0.29) is 18.4 Å². The van der Waals surface area contributed by atoms with Crippen LogP contribution < -0.4 is 10.6 Å². The van der Waals surface area contributed by atoms with Crippen molar-refractivity contribution in [2.24, 2.45) is 0 Å². The van der Waals surface area contributed by atoms with Crippen LogP contribution in [0.3, 0.4) is 0 Å². The summed E-state index contributed by atoms with van der Waals surface area (Å²) in [5, 5.41) is 15.2. The van der Waals surface area contributed by atoms with Gasteiger partial charge in [-0.25, -0.2) is 4.79 Å². The maximum Gasteiger partial charge on any atom is 0.330 e. The maximum absolute atomic E-state index is 12.0. The molecule has 0 aromatic heterocycles. The highest BCUT2D eigenvalue weighted by atomic mass is 35.5. The first-order chi connectivity index (χ1) is 10.1. The van der Waals surface area contributed by atoms with Crippen LogP contribution in [-0.2, 0) is 14.3 Å². The summed E-state index contributed by atoms with van der Waals surface area (Å²) in [4.78, 5) is 23.4. The molecule has 2 atom stereocenters. The molecule has 0 spiro atoms. The molecule has 1 fully saturated rings. The van der Waals surface area contributed by atoms with Crippen LogP contribution in [0.15, 0.2) is 24.3 Å². The van der Waals surface area contributed by atoms with Crippen LogP contribution in [-0.4, -0.2) is 42.8 Å². The van der Waals surface area contributed by atoms with Crippen molar-refractivity contribution < 1.29 is 19.4 Å². The van der Waals surface area contributed by atoms with Crippen molar-refractivity contribution in [3.05, 3.63) is 34.9 Å². The summed E-state index contributed by atoms with van der Waals surface area (Å²) in [5.74, 6) is -1.50. The number of nitrogens with one attached hydrogen (secondary N) is 2. The number of hydrogen-bond donors (Lipinski definition) is 3. The Labute approximate surface area is 127 Å². The summed E-state index contributed by atoms with van der Waals surface area (Å²) in [6.45, 7) is 1.75. The monoisotopic (exact) mass is 312 g/mol. The minimum absolute atomic E-state index is 0.0977. The Bertz CT molecular complexity index is 517. The first-order valence-corrected chi connectivity index (χ1v) is 7.03. The SMILES string of the molecule is O=C(CC1COCCN1)N[C@@H](C(=O)O)c1ccccc1Cl. The fourth-order valence-corrected chi connectivity index (χ4v) is 2.42. The molecule has 114 valence electrons. The number of carbonyl (C=O) groups is 2. The normalized spacial score (nSPS) is 19.8. The average Bonchev–Trinajstić information content (AvgIpc) is 2.46. The van der Waals surface area contributed by atoms with Gasteiger partial charge in [0.05, 0.1) is 13.2 Å². The molecule has 1 saturated heterocycles. The third-order valence-electron chi connectivity index (χ3n) is 3.20. The fraction of sp³-hybridized carbons (Fsp3) is 0.429. The largest absolute Gasteiger partial charge is 0.479 e. The molecule has 7 heteroatoms. The van der Waals surface area contributed by atoms with Gasteiger partial charge in [-0.2, -0.15) is 0 Å². The summed E-state index contributed by atoms with van der Waals surface area (Å²) < 4.78 is 5.26. The lowest BCUT2D eigenvalue weighted by molar-refractivity contribution is -0.142. The molecule has 6 nitrogen and oxygen atoms in total. The molecule has 21 heavy (non-hydrogen) atoms. The van der Waals surface area contributed by atoms with E-state index in [2.05, 4.69) is 10.6 Å². The van der Waals surface area contributed by atoms with Gasteiger partial charge in [-0.3, -0.25) is 4.79 Å². The van der Waals surface area contributed by atoms with Crippen molar-refractivity contribution in [1.29, 1.82) is 0 Å². The number of carboxylic acids is 1. The van der Waals surface area contributed by atoms with Gasteiger partial charge in [0.15, 0.2) is 6.04 Å². The number of carboxylic acid groups (broad SMARTS) is 1. The van der Waals surface area contributed by atoms with Crippen molar-refractivity contribution in [2.45, 2.75) is 18.5 Å². The van der Waals surface area contributed by atoms with Crippen LogP contribution in [0.1, 0.15) is 18.0 Å². The molecule has 0 aliphatic carbocycles. The number of benzene rings is 1. The van der Waals surface area contributed by atoms with Crippen molar-refractivity contribution in [2.75, 3.05) is 19.8 Å². The molecule has 2 rings (SSSR count). The number of morpholine rings is 1. The van der Waals surface area contributed by atoms with E-state index in [1.807, 2.05) is 0 Å². The highest BCUT2D eigenvalue weighted by molar-refractivity contribution is 6.31.